The largest absolute Gasteiger partial charge is 0.508 e. The van der Waals surface area contributed by atoms with Crippen molar-refractivity contribution in [2.24, 2.45) is 23.7 Å². The maximum atomic E-state index is 15.4. The van der Waals surface area contributed by atoms with Crippen molar-refractivity contribution < 1.29 is 33.4 Å². The van der Waals surface area contributed by atoms with Gasteiger partial charge in [0.15, 0.2) is 5.58 Å². The number of methoxy groups -OCH3 is 1. The summed E-state index contributed by atoms with van der Waals surface area (Å²) >= 11 is 0. The van der Waals surface area contributed by atoms with Crippen molar-refractivity contribution in [2.75, 3.05) is 17.4 Å². The number of fused-ring (bicyclic) bond motifs is 5. The van der Waals surface area contributed by atoms with Crippen LogP contribution in [0.4, 0.5) is 11.4 Å². The smallest absolute Gasteiger partial charge is 0.260 e. The van der Waals surface area contributed by atoms with Crippen molar-refractivity contribution in [3.8, 4) is 23.0 Å². The molecule has 0 spiro atoms. The van der Waals surface area contributed by atoms with Crippen molar-refractivity contribution in [3.05, 3.63) is 150 Å². The third kappa shape index (κ3) is 5.15. The summed E-state index contributed by atoms with van der Waals surface area (Å²) < 4.78 is 11.8. The minimum Gasteiger partial charge on any atom is -0.508 e. The number of nitrogens with one attached hydrogen (secondary N) is 1. The molecule has 288 valence electrons. The van der Waals surface area contributed by atoms with Crippen LogP contribution in [0.15, 0.2) is 137 Å². The van der Waals surface area contributed by atoms with Crippen molar-refractivity contribution in [2.45, 2.75) is 31.1 Å². The molecule has 4 amide bonds. The van der Waals surface area contributed by atoms with Crippen molar-refractivity contribution >= 4 is 46.1 Å². The number of anilines is 2. The van der Waals surface area contributed by atoms with Crippen LogP contribution in [-0.2, 0) is 24.6 Å². The number of hydrogen-bond acceptors (Lipinski definition) is 9. The van der Waals surface area contributed by atoms with Gasteiger partial charge in [0.25, 0.3) is 11.8 Å². The summed E-state index contributed by atoms with van der Waals surface area (Å²) in [6.45, 7) is 1.96. The molecule has 2 saturated heterocycles. The number of phenolic OH excluding ortho intramolecular Hbond substituents is 1. The fraction of sp³-hybridized carbons (Fsp3) is 0.213. The number of para-hydroxylation sites is 2. The SMILES string of the molecule is COc1cc(O)ccc1C1C2=CCC3C(=O)N(c4ccc(-c5nc6ccccc6o5)cc4)C(=O)C3C2CC2C(=O)N(Nc3ccc(C)cc3)C(=O)C21c1ccccc1. The van der Waals surface area contributed by atoms with E-state index >= 15 is 4.79 Å². The Bertz CT molecular complexity index is 2660. The van der Waals surface area contributed by atoms with Gasteiger partial charge in [-0.15, -0.1) is 0 Å². The molecule has 5 aromatic carbocycles. The van der Waals surface area contributed by atoms with Crippen LogP contribution in [0, 0.1) is 30.6 Å². The number of oxazole rings is 1. The molecular formula is C47H38N4O7. The molecular weight excluding hydrogens is 733 g/mol. The van der Waals surface area contributed by atoms with Crippen LogP contribution in [0.1, 0.15) is 35.4 Å². The molecule has 58 heavy (non-hydrogen) atoms. The molecule has 2 N–H and O–H groups in total. The highest BCUT2D eigenvalue weighted by Gasteiger charge is 2.70. The number of aromatic hydroxyl groups is 1. The lowest BCUT2D eigenvalue weighted by Crippen LogP contribution is -2.53. The summed E-state index contributed by atoms with van der Waals surface area (Å²) in [5.41, 5.74) is 7.77. The number of hydrazine groups is 1. The second kappa shape index (κ2) is 13.3. The van der Waals surface area contributed by atoms with Crippen LogP contribution in [-0.4, -0.2) is 45.8 Å². The number of carbonyl (C=O) groups is 4. The molecule has 11 heteroatoms. The highest BCUT2D eigenvalue weighted by Crippen LogP contribution is 2.65. The predicted molar refractivity (Wildman–Crippen MR) is 215 cm³/mol. The third-order valence-corrected chi connectivity index (χ3v) is 12.6. The van der Waals surface area contributed by atoms with E-state index in [2.05, 4.69) is 10.4 Å². The second-order valence-electron chi connectivity index (χ2n) is 15.6. The average Bonchev–Trinajstić information content (AvgIpc) is 3.86. The van der Waals surface area contributed by atoms with E-state index in [0.717, 1.165) is 21.7 Å². The summed E-state index contributed by atoms with van der Waals surface area (Å²) in [7, 11) is 1.50. The number of benzene rings is 5. The van der Waals surface area contributed by atoms with Crippen LogP contribution in [0.25, 0.3) is 22.6 Å². The molecule has 4 aliphatic rings. The first-order valence-corrected chi connectivity index (χ1v) is 19.4. The normalized spacial score (nSPS) is 25.1. The first-order valence-electron chi connectivity index (χ1n) is 19.4. The van der Waals surface area contributed by atoms with E-state index in [0.29, 0.717) is 45.3 Å². The quantitative estimate of drug-likeness (QED) is 0.123. The molecule has 3 heterocycles. The van der Waals surface area contributed by atoms with Crippen molar-refractivity contribution in [1.82, 2.24) is 9.99 Å². The second-order valence-corrected chi connectivity index (χ2v) is 15.6. The fourth-order valence-corrected chi connectivity index (χ4v) is 10.0. The van der Waals surface area contributed by atoms with Crippen LogP contribution < -0.4 is 15.1 Å². The zero-order chi connectivity index (χ0) is 39.9. The van der Waals surface area contributed by atoms with Crippen LogP contribution in [0.3, 0.4) is 0 Å². The summed E-state index contributed by atoms with van der Waals surface area (Å²) in [6, 6.07) is 36.0. The number of imide groups is 2. The average molecular weight is 771 g/mol. The number of aryl methyl sites for hydroxylation is 1. The van der Waals surface area contributed by atoms with Gasteiger partial charge in [0.2, 0.25) is 17.7 Å². The van der Waals surface area contributed by atoms with Crippen molar-refractivity contribution in [3.63, 3.8) is 0 Å². The Balaban J connectivity index is 1.08. The van der Waals surface area contributed by atoms with E-state index in [4.69, 9.17) is 9.15 Å². The molecule has 1 saturated carbocycles. The van der Waals surface area contributed by atoms with Gasteiger partial charge in [0.1, 0.15) is 17.0 Å². The highest BCUT2D eigenvalue weighted by atomic mass is 16.5. The van der Waals surface area contributed by atoms with Gasteiger partial charge in [-0.3, -0.25) is 29.5 Å². The van der Waals surface area contributed by atoms with Gasteiger partial charge in [-0.2, -0.15) is 5.01 Å². The van der Waals surface area contributed by atoms with Gasteiger partial charge in [-0.05, 0) is 85.8 Å². The van der Waals surface area contributed by atoms with Gasteiger partial charge in [-0.1, -0.05) is 77.9 Å². The maximum Gasteiger partial charge on any atom is 0.260 e. The number of allylic oxidation sites excluding steroid dienone is 2. The third-order valence-electron chi connectivity index (χ3n) is 12.6. The van der Waals surface area contributed by atoms with Crippen LogP contribution >= 0.6 is 0 Å². The Labute approximate surface area is 333 Å². The van der Waals surface area contributed by atoms with Crippen LogP contribution in [0.2, 0.25) is 0 Å². The lowest BCUT2D eigenvalue weighted by Gasteiger charge is -2.50. The van der Waals surface area contributed by atoms with E-state index in [1.807, 2.05) is 91.9 Å². The Morgan fingerprint density at radius 3 is 2.31 bits per heavy atom. The lowest BCUT2D eigenvalue weighted by atomic mass is 9.49. The van der Waals surface area contributed by atoms with Gasteiger partial charge in [0.05, 0.1) is 41.7 Å². The first-order chi connectivity index (χ1) is 28.2. The number of ether oxygens (including phenoxy) is 1. The lowest BCUT2D eigenvalue weighted by molar-refractivity contribution is -0.138. The Hall–Kier alpha value is -7.01. The minimum atomic E-state index is -1.47. The molecule has 2 aliphatic heterocycles. The molecule has 0 radical (unpaired) electrons. The molecule has 10 rings (SSSR count). The fourth-order valence-electron chi connectivity index (χ4n) is 10.0. The number of hydrogen-bond donors (Lipinski definition) is 2. The monoisotopic (exact) mass is 770 g/mol. The van der Waals surface area contributed by atoms with E-state index < -0.39 is 46.8 Å². The Morgan fingerprint density at radius 2 is 1.57 bits per heavy atom. The molecule has 6 unspecified atom stereocenters. The van der Waals surface area contributed by atoms with Crippen molar-refractivity contribution in [1.29, 1.82) is 0 Å². The van der Waals surface area contributed by atoms with Gasteiger partial charge in [0, 0.05) is 23.1 Å². The molecule has 1 aromatic heterocycles. The molecule has 6 aromatic rings. The molecule has 2 aliphatic carbocycles. The summed E-state index contributed by atoms with van der Waals surface area (Å²) in [5.74, 6) is -4.55. The standard InChI is InChI=1S/C47H38N4O7/c1-26-12-16-29(17-13-26)49-51-44(54)36-25-35-32(41(33-21-20-31(52)24-39(33)57-2)47(36,46(51)56)28-8-4-3-5-9-28)22-23-34-40(35)45(55)50(43(34)53)30-18-14-27(15-19-30)42-48-37-10-6-7-11-38(37)58-42/h3-22,24,34-36,40-41,49,52H,23,25H2,1-2H3. The number of phenols is 1. The number of aromatic nitrogens is 1. The van der Waals surface area contributed by atoms with E-state index in [-0.39, 0.29) is 30.4 Å². The van der Waals surface area contributed by atoms with E-state index in [1.165, 1.54) is 18.1 Å². The van der Waals surface area contributed by atoms with Gasteiger partial charge >= 0.3 is 0 Å². The summed E-state index contributed by atoms with van der Waals surface area (Å²) in [4.78, 5) is 65.4. The number of nitrogens with zero attached hydrogens (tertiary/aromatic N) is 3. The highest BCUT2D eigenvalue weighted by molar-refractivity contribution is 6.22. The predicted octanol–water partition coefficient (Wildman–Crippen LogP) is 7.71. The van der Waals surface area contributed by atoms with Crippen LogP contribution in [0.5, 0.6) is 11.5 Å². The van der Waals surface area contributed by atoms with Gasteiger partial charge < -0.3 is 14.3 Å². The van der Waals surface area contributed by atoms with E-state index in [1.54, 1.807) is 36.4 Å². The number of rotatable bonds is 7. The Kier molecular flexibility index (Phi) is 8.12. The number of carbonyl (C=O) groups excluding carboxylic acids is 4. The minimum absolute atomic E-state index is 0.0261. The van der Waals surface area contributed by atoms with Gasteiger partial charge in [-0.25, -0.2) is 4.98 Å². The number of amides is 4. The van der Waals surface area contributed by atoms with E-state index in [9.17, 15) is 19.5 Å². The summed E-state index contributed by atoms with van der Waals surface area (Å²) in [5, 5.41) is 11.7. The zero-order valence-electron chi connectivity index (χ0n) is 31.7. The molecule has 0 bridgehead atoms. The maximum absolute atomic E-state index is 15.4. The molecule has 11 nitrogen and oxygen atoms in total. The molecule has 3 fully saturated rings. The Morgan fingerprint density at radius 1 is 0.828 bits per heavy atom. The molecule has 6 atom stereocenters. The zero-order valence-corrected chi connectivity index (χ0v) is 31.7. The topological polar surface area (TPSA) is 142 Å². The first kappa shape index (κ1) is 35.4. The summed E-state index contributed by atoms with van der Waals surface area (Å²) in [6.07, 6.45) is 2.42.